The molecule has 0 bridgehead atoms. The van der Waals surface area contributed by atoms with E-state index in [0.29, 0.717) is 11.3 Å². The van der Waals surface area contributed by atoms with E-state index in [4.69, 9.17) is 0 Å². The molecular formula is C15H12N6. The van der Waals surface area contributed by atoms with E-state index in [1.807, 2.05) is 22.6 Å². The predicted octanol–water partition coefficient (Wildman–Crippen LogP) is 2.47. The normalized spacial score (nSPS) is 11.0. The topological polar surface area (TPSA) is 78.4 Å². The summed E-state index contributed by atoms with van der Waals surface area (Å²) in [4.78, 5) is 12.4. The van der Waals surface area contributed by atoms with Crippen molar-refractivity contribution in [3.05, 3.63) is 42.0 Å². The van der Waals surface area contributed by atoms with Crippen molar-refractivity contribution in [1.82, 2.24) is 14.4 Å². The van der Waals surface area contributed by atoms with Crippen molar-refractivity contribution < 1.29 is 0 Å². The third-order valence-electron chi connectivity index (χ3n) is 3.21. The van der Waals surface area contributed by atoms with Crippen LogP contribution in [0.2, 0.25) is 0 Å². The largest absolute Gasteiger partial charge is 0.373 e. The molecule has 1 N–H and O–H groups in total. The number of nitriles is 1. The van der Waals surface area contributed by atoms with Gasteiger partial charge in [0.25, 0.3) is 0 Å². The van der Waals surface area contributed by atoms with Crippen LogP contribution < -0.4 is 5.32 Å². The molecular weight excluding hydrogens is 264 g/mol. The Morgan fingerprint density at radius 2 is 2.24 bits per heavy atom. The van der Waals surface area contributed by atoms with Gasteiger partial charge in [-0.15, -0.1) is 0 Å². The van der Waals surface area contributed by atoms with Crippen LogP contribution in [0.25, 0.3) is 22.6 Å². The molecule has 0 radical (unpaired) electrons. The monoisotopic (exact) mass is 276 g/mol. The maximum Gasteiger partial charge on any atom is 0.145 e. The van der Waals surface area contributed by atoms with Crippen molar-refractivity contribution in [2.24, 2.45) is 4.99 Å². The molecule has 102 valence electrons. The molecule has 0 spiro atoms. The fourth-order valence-electron chi connectivity index (χ4n) is 2.26. The van der Waals surface area contributed by atoms with Crippen LogP contribution in [0.3, 0.4) is 0 Å². The summed E-state index contributed by atoms with van der Waals surface area (Å²) < 4.78 is 1.82. The number of aliphatic imine (C=N–C) groups is 1. The van der Waals surface area contributed by atoms with Gasteiger partial charge in [-0.2, -0.15) is 5.26 Å². The minimum absolute atomic E-state index is 0.477. The lowest BCUT2D eigenvalue weighted by Gasteiger charge is -2.08. The zero-order valence-corrected chi connectivity index (χ0v) is 11.4. The fraction of sp³-hybridized carbons (Fsp3) is 0.0667. The average Bonchev–Trinajstić information content (AvgIpc) is 2.96. The molecule has 0 amide bonds. The maximum absolute atomic E-state index is 9.29. The van der Waals surface area contributed by atoms with Crippen LogP contribution in [-0.2, 0) is 0 Å². The molecule has 0 fully saturated rings. The van der Waals surface area contributed by atoms with Crippen molar-refractivity contribution in [2.75, 3.05) is 12.4 Å². The van der Waals surface area contributed by atoms with E-state index in [1.165, 1.54) is 0 Å². The zero-order valence-electron chi connectivity index (χ0n) is 11.4. The standard InChI is InChI=1S/C15H12N6/c1-17-4-3-10-5-11-8-19-14(18-2)6-13(11)21-12(7-16)9-20-15(10)21/h3-6,8-9H,1H2,2H3,(H,18,19)/b4-3+. The molecule has 0 aliphatic carbocycles. The predicted molar refractivity (Wildman–Crippen MR) is 83.3 cm³/mol. The van der Waals surface area contributed by atoms with Gasteiger partial charge >= 0.3 is 0 Å². The summed E-state index contributed by atoms with van der Waals surface area (Å²) in [6.45, 7) is 3.43. The van der Waals surface area contributed by atoms with Gasteiger partial charge in [-0.3, -0.25) is 9.39 Å². The van der Waals surface area contributed by atoms with E-state index in [-0.39, 0.29) is 0 Å². The van der Waals surface area contributed by atoms with E-state index < -0.39 is 0 Å². The number of nitrogens with one attached hydrogen (secondary N) is 1. The Hall–Kier alpha value is -3.20. The molecule has 0 unspecified atom stereocenters. The van der Waals surface area contributed by atoms with Gasteiger partial charge in [0.15, 0.2) is 0 Å². The minimum Gasteiger partial charge on any atom is -0.373 e. The third-order valence-corrected chi connectivity index (χ3v) is 3.21. The number of hydrogen-bond donors (Lipinski definition) is 1. The lowest BCUT2D eigenvalue weighted by atomic mass is 10.1. The summed E-state index contributed by atoms with van der Waals surface area (Å²) in [6, 6.07) is 6.02. The highest BCUT2D eigenvalue weighted by Crippen LogP contribution is 2.24. The van der Waals surface area contributed by atoms with Crippen LogP contribution in [0.1, 0.15) is 11.3 Å². The first kappa shape index (κ1) is 12.8. The van der Waals surface area contributed by atoms with Gasteiger partial charge in [0.1, 0.15) is 23.2 Å². The lowest BCUT2D eigenvalue weighted by Crippen LogP contribution is -1.98. The summed E-state index contributed by atoms with van der Waals surface area (Å²) in [5.41, 5.74) is 2.91. The minimum atomic E-state index is 0.477. The summed E-state index contributed by atoms with van der Waals surface area (Å²) in [7, 11) is 1.80. The van der Waals surface area contributed by atoms with Gasteiger partial charge in [-0.05, 0) is 18.9 Å². The van der Waals surface area contributed by atoms with E-state index in [0.717, 1.165) is 22.3 Å². The van der Waals surface area contributed by atoms with Crippen LogP contribution >= 0.6 is 0 Å². The molecule has 3 aromatic rings. The average molecular weight is 276 g/mol. The second kappa shape index (κ2) is 5.06. The highest BCUT2D eigenvalue weighted by molar-refractivity contribution is 5.88. The van der Waals surface area contributed by atoms with Gasteiger partial charge in [0, 0.05) is 36.5 Å². The Kier molecular flexibility index (Phi) is 3.09. The second-order valence-electron chi connectivity index (χ2n) is 4.39. The first-order valence-corrected chi connectivity index (χ1v) is 6.29. The van der Waals surface area contributed by atoms with Crippen molar-refractivity contribution in [1.29, 1.82) is 5.26 Å². The Balaban J connectivity index is 2.46. The molecule has 6 heteroatoms. The summed E-state index contributed by atoms with van der Waals surface area (Å²) >= 11 is 0. The SMILES string of the molecule is C=N/C=C/c1cc2cnc(NC)cc2n2c(C#N)cnc12. The number of anilines is 1. The number of nitrogens with zero attached hydrogens (tertiary/aromatic N) is 5. The van der Waals surface area contributed by atoms with Gasteiger partial charge in [0.05, 0.1) is 11.7 Å². The first-order chi connectivity index (χ1) is 10.3. The Bertz CT molecular complexity index is 913. The van der Waals surface area contributed by atoms with Crippen molar-refractivity contribution in [2.45, 2.75) is 0 Å². The van der Waals surface area contributed by atoms with E-state index in [2.05, 4.69) is 33.1 Å². The molecule has 21 heavy (non-hydrogen) atoms. The number of fused-ring (bicyclic) bond motifs is 3. The molecule has 3 heterocycles. The lowest BCUT2D eigenvalue weighted by molar-refractivity contribution is 1.20. The Morgan fingerprint density at radius 1 is 1.38 bits per heavy atom. The molecule has 0 aliphatic heterocycles. The van der Waals surface area contributed by atoms with Crippen molar-refractivity contribution in [3.63, 3.8) is 0 Å². The number of imidazole rings is 1. The van der Waals surface area contributed by atoms with Crippen LogP contribution in [0.5, 0.6) is 0 Å². The molecule has 0 aliphatic rings. The summed E-state index contributed by atoms with van der Waals surface area (Å²) in [5, 5.41) is 13.2. The summed E-state index contributed by atoms with van der Waals surface area (Å²) in [6.07, 6.45) is 6.73. The van der Waals surface area contributed by atoms with Crippen LogP contribution in [0.15, 0.2) is 35.7 Å². The van der Waals surface area contributed by atoms with Crippen LogP contribution in [0.4, 0.5) is 5.82 Å². The van der Waals surface area contributed by atoms with E-state index >= 15 is 0 Å². The molecule has 3 rings (SSSR count). The van der Waals surface area contributed by atoms with Gasteiger partial charge in [0.2, 0.25) is 0 Å². The molecule has 3 aromatic heterocycles. The van der Waals surface area contributed by atoms with E-state index in [1.54, 1.807) is 25.6 Å². The van der Waals surface area contributed by atoms with Gasteiger partial charge in [-0.1, -0.05) is 0 Å². The first-order valence-electron chi connectivity index (χ1n) is 6.29. The highest BCUT2D eigenvalue weighted by atomic mass is 15.0. The van der Waals surface area contributed by atoms with Crippen molar-refractivity contribution in [3.8, 4) is 6.07 Å². The smallest absolute Gasteiger partial charge is 0.145 e. The van der Waals surface area contributed by atoms with Crippen LogP contribution in [-0.4, -0.2) is 28.1 Å². The van der Waals surface area contributed by atoms with E-state index in [9.17, 15) is 5.26 Å². The van der Waals surface area contributed by atoms with Crippen molar-refractivity contribution >= 4 is 35.2 Å². The maximum atomic E-state index is 9.29. The quantitative estimate of drug-likeness (QED) is 0.745. The Morgan fingerprint density at radius 3 is 2.95 bits per heavy atom. The fourth-order valence-corrected chi connectivity index (χ4v) is 2.26. The second-order valence-corrected chi connectivity index (χ2v) is 4.39. The third kappa shape index (κ3) is 2.01. The molecule has 0 atom stereocenters. The molecule has 0 saturated carbocycles. The summed E-state index contributed by atoms with van der Waals surface area (Å²) in [5.74, 6) is 0.734. The van der Waals surface area contributed by atoms with Gasteiger partial charge in [-0.25, -0.2) is 9.97 Å². The number of rotatable bonds is 3. The number of aromatic nitrogens is 3. The van der Waals surface area contributed by atoms with Crippen LogP contribution in [0, 0.1) is 11.3 Å². The van der Waals surface area contributed by atoms with Gasteiger partial charge < -0.3 is 5.32 Å². The Labute approximate surface area is 121 Å². The highest BCUT2D eigenvalue weighted by Gasteiger charge is 2.11. The molecule has 0 aromatic carbocycles. The molecule has 0 saturated heterocycles. The number of hydrogen-bond acceptors (Lipinski definition) is 5. The number of pyridine rings is 2. The zero-order chi connectivity index (χ0) is 14.8. The molecule has 6 nitrogen and oxygen atoms in total.